The summed E-state index contributed by atoms with van der Waals surface area (Å²) in [5.41, 5.74) is -0.198. The summed E-state index contributed by atoms with van der Waals surface area (Å²) in [6, 6.07) is 9.56. The van der Waals surface area contributed by atoms with Crippen LogP contribution < -0.4 is 19.1 Å². The van der Waals surface area contributed by atoms with Crippen molar-refractivity contribution in [3.05, 3.63) is 48.3 Å². The van der Waals surface area contributed by atoms with E-state index < -0.39 is 28.3 Å². The van der Waals surface area contributed by atoms with E-state index in [1.165, 1.54) is 50.6 Å². The van der Waals surface area contributed by atoms with Crippen LogP contribution in [0.5, 0.6) is 11.5 Å². The lowest BCUT2D eigenvalue weighted by molar-refractivity contribution is -0.120. The molecule has 168 valence electrons. The van der Waals surface area contributed by atoms with Crippen LogP contribution in [0.4, 0.5) is 10.1 Å². The number of nitrogens with one attached hydrogen (secondary N) is 1. The van der Waals surface area contributed by atoms with Crippen molar-refractivity contribution in [1.82, 2.24) is 5.32 Å². The number of carbonyl (C=O) groups is 1. The van der Waals surface area contributed by atoms with Crippen molar-refractivity contribution in [3.8, 4) is 11.5 Å². The molecule has 0 unspecified atom stereocenters. The number of anilines is 1. The van der Waals surface area contributed by atoms with Gasteiger partial charge >= 0.3 is 0 Å². The Balaban J connectivity index is 1.95. The van der Waals surface area contributed by atoms with E-state index in [0.717, 1.165) is 42.5 Å². The van der Waals surface area contributed by atoms with Gasteiger partial charge in [-0.05, 0) is 37.1 Å². The Kier molecular flexibility index (Phi) is 7.37. The zero-order valence-corrected chi connectivity index (χ0v) is 18.5. The number of hydrogen-bond acceptors (Lipinski definition) is 5. The fourth-order valence-electron chi connectivity index (χ4n) is 3.71. The normalized spacial score (nSPS) is 14.7. The van der Waals surface area contributed by atoms with E-state index in [2.05, 4.69) is 5.32 Å². The number of hydrogen-bond donors (Lipinski definition) is 1. The first-order valence-corrected chi connectivity index (χ1v) is 11.6. The number of sulfonamides is 1. The molecule has 0 spiro atoms. The first-order chi connectivity index (χ1) is 14.9. The van der Waals surface area contributed by atoms with Crippen LogP contribution in [-0.4, -0.2) is 41.1 Å². The highest BCUT2D eigenvalue weighted by Crippen LogP contribution is 2.32. The van der Waals surface area contributed by atoms with Crippen molar-refractivity contribution in [2.45, 2.75) is 43.0 Å². The van der Waals surface area contributed by atoms with Gasteiger partial charge in [-0.15, -0.1) is 0 Å². The van der Waals surface area contributed by atoms with Gasteiger partial charge in [0.05, 0.1) is 24.8 Å². The molecular weight excluding hydrogens is 423 g/mol. The van der Waals surface area contributed by atoms with E-state index in [-0.39, 0.29) is 22.4 Å². The lowest BCUT2D eigenvalue weighted by atomic mass is 9.95. The highest BCUT2D eigenvalue weighted by Gasteiger charge is 2.30. The van der Waals surface area contributed by atoms with Crippen LogP contribution in [0.1, 0.15) is 32.1 Å². The average Bonchev–Trinajstić information content (AvgIpc) is 2.78. The number of benzene rings is 2. The molecule has 1 aliphatic carbocycles. The molecule has 0 atom stereocenters. The number of nitrogens with zero attached hydrogens (tertiary/aromatic N) is 1. The SMILES string of the molecule is COc1ccc(S(=O)(=O)N(CC(=O)NC2CCCCC2)c2ccccc2F)cc1OC. The van der Waals surface area contributed by atoms with E-state index >= 15 is 0 Å². The topological polar surface area (TPSA) is 84.9 Å². The van der Waals surface area contributed by atoms with Gasteiger partial charge in [0.25, 0.3) is 10.0 Å². The molecule has 0 saturated heterocycles. The summed E-state index contributed by atoms with van der Waals surface area (Å²) >= 11 is 0. The predicted octanol–water partition coefficient (Wildman–Crippen LogP) is 3.49. The second kappa shape index (κ2) is 10.00. The highest BCUT2D eigenvalue weighted by atomic mass is 32.2. The summed E-state index contributed by atoms with van der Waals surface area (Å²) in [5, 5.41) is 2.89. The van der Waals surface area contributed by atoms with Gasteiger partial charge in [-0.2, -0.15) is 0 Å². The number of ether oxygens (including phenoxy) is 2. The molecule has 3 rings (SSSR count). The van der Waals surface area contributed by atoms with Gasteiger partial charge in [0.15, 0.2) is 11.5 Å². The summed E-state index contributed by atoms with van der Waals surface area (Å²) in [4.78, 5) is 12.6. The fourth-order valence-corrected chi connectivity index (χ4v) is 5.15. The highest BCUT2D eigenvalue weighted by molar-refractivity contribution is 7.92. The Morgan fingerprint density at radius 3 is 2.39 bits per heavy atom. The Morgan fingerprint density at radius 2 is 1.74 bits per heavy atom. The molecule has 1 N–H and O–H groups in total. The molecule has 31 heavy (non-hydrogen) atoms. The van der Waals surface area contributed by atoms with Gasteiger partial charge in [0.2, 0.25) is 5.91 Å². The second-order valence-electron chi connectivity index (χ2n) is 7.38. The Bertz CT molecular complexity index is 1020. The molecule has 0 aromatic heterocycles. The van der Waals surface area contributed by atoms with Crippen molar-refractivity contribution in [2.75, 3.05) is 25.1 Å². The van der Waals surface area contributed by atoms with Gasteiger partial charge in [-0.25, -0.2) is 12.8 Å². The lowest BCUT2D eigenvalue weighted by Gasteiger charge is -2.27. The maximum Gasteiger partial charge on any atom is 0.265 e. The molecule has 2 aromatic rings. The molecule has 1 saturated carbocycles. The van der Waals surface area contributed by atoms with Gasteiger partial charge in [0.1, 0.15) is 12.4 Å². The Morgan fingerprint density at radius 1 is 1.06 bits per heavy atom. The summed E-state index contributed by atoms with van der Waals surface area (Å²) < 4.78 is 52.7. The molecular formula is C22H27FN2O5S. The average molecular weight is 451 g/mol. The van der Waals surface area contributed by atoms with Crippen LogP contribution in [0.15, 0.2) is 47.4 Å². The van der Waals surface area contributed by atoms with Gasteiger partial charge < -0.3 is 14.8 Å². The number of rotatable bonds is 8. The van der Waals surface area contributed by atoms with Crippen molar-refractivity contribution in [3.63, 3.8) is 0 Å². The summed E-state index contributed by atoms with van der Waals surface area (Å²) in [7, 11) is -1.45. The minimum atomic E-state index is -4.27. The van der Waals surface area contributed by atoms with Crippen molar-refractivity contribution < 1.29 is 27.1 Å². The third-order valence-electron chi connectivity index (χ3n) is 5.32. The van der Waals surface area contributed by atoms with Crippen molar-refractivity contribution >= 4 is 21.6 Å². The minimum absolute atomic E-state index is 0.00695. The van der Waals surface area contributed by atoms with Crippen molar-refractivity contribution in [1.29, 1.82) is 0 Å². The van der Waals surface area contributed by atoms with E-state index in [9.17, 15) is 17.6 Å². The Hall–Kier alpha value is -2.81. The van der Waals surface area contributed by atoms with Crippen LogP contribution >= 0.6 is 0 Å². The monoisotopic (exact) mass is 450 g/mol. The number of carbonyl (C=O) groups excluding carboxylic acids is 1. The molecule has 1 aliphatic rings. The molecule has 1 amide bonds. The minimum Gasteiger partial charge on any atom is -0.493 e. The molecule has 9 heteroatoms. The maximum atomic E-state index is 14.6. The maximum absolute atomic E-state index is 14.6. The Labute approximate surface area is 182 Å². The first kappa shape index (κ1) is 22.9. The first-order valence-electron chi connectivity index (χ1n) is 10.2. The molecule has 0 heterocycles. The van der Waals surface area contributed by atoms with E-state index in [1.54, 1.807) is 0 Å². The van der Waals surface area contributed by atoms with Crippen molar-refractivity contribution in [2.24, 2.45) is 0 Å². The molecule has 2 aromatic carbocycles. The van der Waals surface area contributed by atoms with Crippen LogP contribution in [0.2, 0.25) is 0 Å². The fraction of sp³-hybridized carbons (Fsp3) is 0.409. The van der Waals surface area contributed by atoms with Crippen LogP contribution in [-0.2, 0) is 14.8 Å². The third kappa shape index (κ3) is 5.28. The van der Waals surface area contributed by atoms with Gasteiger partial charge in [-0.1, -0.05) is 31.4 Å². The van der Waals surface area contributed by atoms with E-state index in [1.807, 2.05) is 0 Å². The van der Waals surface area contributed by atoms with Gasteiger partial charge in [-0.3, -0.25) is 9.10 Å². The lowest BCUT2D eigenvalue weighted by Crippen LogP contribution is -2.45. The van der Waals surface area contributed by atoms with Crippen LogP contribution in [0.3, 0.4) is 0 Å². The smallest absolute Gasteiger partial charge is 0.265 e. The van der Waals surface area contributed by atoms with Gasteiger partial charge in [0, 0.05) is 12.1 Å². The number of halogens is 1. The predicted molar refractivity (Wildman–Crippen MR) is 115 cm³/mol. The van der Waals surface area contributed by atoms with Crippen LogP contribution in [0.25, 0.3) is 0 Å². The molecule has 1 fully saturated rings. The molecule has 0 aliphatic heterocycles. The number of amides is 1. The zero-order chi connectivity index (χ0) is 22.4. The summed E-state index contributed by atoms with van der Waals surface area (Å²) in [5.74, 6) is -0.645. The van der Waals surface area contributed by atoms with Crippen LogP contribution in [0, 0.1) is 5.82 Å². The second-order valence-corrected chi connectivity index (χ2v) is 9.24. The summed E-state index contributed by atoms with van der Waals surface area (Å²) in [6.45, 7) is -0.534. The standard InChI is InChI=1S/C22H27FN2O5S/c1-29-20-13-12-17(14-21(20)30-2)31(27,28)25(19-11-7-6-10-18(19)23)15-22(26)24-16-8-4-3-5-9-16/h6-7,10-14,16H,3-5,8-9,15H2,1-2H3,(H,24,26). The molecule has 0 radical (unpaired) electrons. The van der Waals surface area contributed by atoms with E-state index in [4.69, 9.17) is 9.47 Å². The number of para-hydroxylation sites is 1. The molecule has 7 nitrogen and oxygen atoms in total. The number of methoxy groups -OCH3 is 2. The summed E-state index contributed by atoms with van der Waals surface area (Å²) in [6.07, 6.45) is 4.88. The largest absolute Gasteiger partial charge is 0.493 e. The quantitative estimate of drug-likeness (QED) is 0.666. The molecule has 0 bridgehead atoms. The third-order valence-corrected chi connectivity index (χ3v) is 7.08. The zero-order valence-electron chi connectivity index (χ0n) is 17.6. The van der Waals surface area contributed by atoms with E-state index in [0.29, 0.717) is 5.75 Å².